The van der Waals surface area contributed by atoms with Crippen LogP contribution in [-0.4, -0.2) is 16.1 Å². The first kappa shape index (κ1) is 12.7. The van der Waals surface area contributed by atoms with E-state index in [0.29, 0.717) is 5.69 Å². The molecule has 0 atom stereocenters. The van der Waals surface area contributed by atoms with Gasteiger partial charge in [-0.3, -0.25) is 0 Å². The van der Waals surface area contributed by atoms with Gasteiger partial charge in [0.2, 0.25) is 5.82 Å². The molecule has 0 saturated heterocycles. The Kier molecular flexibility index (Phi) is 4.03. The standard InChI is InChI=1S/C11H11F2N3OS/c1-2-14-11-8(15-16-18-11)6-17-9-5-3-4-7(12)10(9)13/h3-5,14H,2,6H2,1H3. The Morgan fingerprint density at radius 3 is 3.00 bits per heavy atom. The highest BCUT2D eigenvalue weighted by molar-refractivity contribution is 7.10. The molecule has 1 aromatic carbocycles. The average molecular weight is 271 g/mol. The fourth-order valence-electron chi connectivity index (χ4n) is 1.34. The summed E-state index contributed by atoms with van der Waals surface area (Å²) in [6.07, 6.45) is 0. The minimum absolute atomic E-state index is 0.0409. The number of hydrogen-bond donors (Lipinski definition) is 1. The van der Waals surface area contributed by atoms with Crippen molar-refractivity contribution < 1.29 is 13.5 Å². The number of ether oxygens (including phenoxy) is 1. The number of nitrogens with zero attached hydrogens (tertiary/aromatic N) is 2. The van der Waals surface area contributed by atoms with E-state index in [1.54, 1.807) is 0 Å². The molecule has 7 heteroatoms. The van der Waals surface area contributed by atoms with Crippen molar-refractivity contribution in [2.24, 2.45) is 0 Å². The van der Waals surface area contributed by atoms with Crippen molar-refractivity contribution in [2.75, 3.05) is 11.9 Å². The number of aromatic nitrogens is 2. The molecule has 0 aliphatic carbocycles. The fraction of sp³-hybridized carbons (Fsp3) is 0.273. The van der Waals surface area contributed by atoms with E-state index in [-0.39, 0.29) is 12.4 Å². The van der Waals surface area contributed by atoms with E-state index >= 15 is 0 Å². The van der Waals surface area contributed by atoms with Gasteiger partial charge in [0.25, 0.3) is 0 Å². The second-order valence-electron chi connectivity index (χ2n) is 3.42. The van der Waals surface area contributed by atoms with Crippen LogP contribution in [0.2, 0.25) is 0 Å². The molecule has 0 unspecified atom stereocenters. The SMILES string of the molecule is CCNc1snnc1COc1cccc(F)c1F. The number of rotatable bonds is 5. The Labute approximate surface area is 107 Å². The third-order valence-corrected chi connectivity index (χ3v) is 2.90. The summed E-state index contributed by atoms with van der Waals surface area (Å²) in [6, 6.07) is 3.79. The molecular formula is C11H11F2N3OS. The molecule has 1 aromatic heterocycles. The van der Waals surface area contributed by atoms with Gasteiger partial charge in [-0.05, 0) is 19.1 Å². The summed E-state index contributed by atoms with van der Waals surface area (Å²) in [4.78, 5) is 0. The molecule has 1 N–H and O–H groups in total. The van der Waals surface area contributed by atoms with Crippen molar-refractivity contribution in [3.05, 3.63) is 35.5 Å². The second kappa shape index (κ2) is 5.72. The van der Waals surface area contributed by atoms with E-state index in [2.05, 4.69) is 14.9 Å². The molecule has 4 nitrogen and oxygen atoms in total. The van der Waals surface area contributed by atoms with E-state index in [4.69, 9.17) is 4.74 Å². The monoisotopic (exact) mass is 271 g/mol. The topological polar surface area (TPSA) is 47.0 Å². The predicted molar refractivity (Wildman–Crippen MR) is 64.8 cm³/mol. The normalized spacial score (nSPS) is 10.4. The molecule has 0 spiro atoms. The minimum Gasteiger partial charge on any atom is -0.484 e. The van der Waals surface area contributed by atoms with Gasteiger partial charge in [-0.2, -0.15) is 4.39 Å². The molecule has 18 heavy (non-hydrogen) atoms. The Balaban J connectivity index is 2.07. The Morgan fingerprint density at radius 1 is 1.39 bits per heavy atom. The number of anilines is 1. The molecular weight excluding hydrogens is 260 g/mol. The molecule has 0 fully saturated rings. The lowest BCUT2D eigenvalue weighted by Gasteiger charge is -2.07. The molecule has 0 aliphatic rings. The van der Waals surface area contributed by atoms with Crippen LogP contribution in [0.25, 0.3) is 0 Å². The summed E-state index contributed by atoms with van der Waals surface area (Å²) in [5.41, 5.74) is 0.575. The summed E-state index contributed by atoms with van der Waals surface area (Å²) < 4.78 is 35.3. The van der Waals surface area contributed by atoms with Gasteiger partial charge < -0.3 is 10.1 Å². The quantitative estimate of drug-likeness (QED) is 0.908. The van der Waals surface area contributed by atoms with Crippen LogP contribution in [0.15, 0.2) is 18.2 Å². The third-order valence-electron chi connectivity index (χ3n) is 2.17. The van der Waals surface area contributed by atoms with Gasteiger partial charge in [0.1, 0.15) is 17.3 Å². The first-order valence-electron chi connectivity index (χ1n) is 5.34. The summed E-state index contributed by atoms with van der Waals surface area (Å²) in [6.45, 7) is 2.71. The van der Waals surface area contributed by atoms with E-state index < -0.39 is 11.6 Å². The molecule has 0 amide bonds. The molecule has 2 aromatic rings. The zero-order valence-corrected chi connectivity index (χ0v) is 10.4. The van der Waals surface area contributed by atoms with Crippen molar-refractivity contribution in [1.82, 2.24) is 9.59 Å². The first-order chi connectivity index (χ1) is 8.72. The maximum Gasteiger partial charge on any atom is 0.200 e. The molecule has 0 saturated carbocycles. The molecule has 0 radical (unpaired) electrons. The Hall–Kier alpha value is -1.76. The zero-order chi connectivity index (χ0) is 13.0. The highest BCUT2D eigenvalue weighted by Crippen LogP contribution is 2.23. The van der Waals surface area contributed by atoms with Crippen LogP contribution >= 0.6 is 11.5 Å². The van der Waals surface area contributed by atoms with Gasteiger partial charge in [0.15, 0.2) is 11.6 Å². The lowest BCUT2D eigenvalue weighted by molar-refractivity contribution is 0.281. The van der Waals surface area contributed by atoms with E-state index in [0.717, 1.165) is 17.6 Å². The van der Waals surface area contributed by atoms with E-state index in [9.17, 15) is 8.78 Å². The second-order valence-corrected chi connectivity index (χ2v) is 4.17. The fourth-order valence-corrected chi connectivity index (χ4v) is 1.97. The molecule has 1 heterocycles. The van der Waals surface area contributed by atoms with Crippen molar-refractivity contribution in [3.8, 4) is 5.75 Å². The van der Waals surface area contributed by atoms with Crippen LogP contribution in [0.4, 0.5) is 13.8 Å². The van der Waals surface area contributed by atoms with Crippen LogP contribution in [0.3, 0.4) is 0 Å². The summed E-state index contributed by atoms with van der Waals surface area (Å²) >= 11 is 1.20. The summed E-state index contributed by atoms with van der Waals surface area (Å²) in [5.74, 6) is -2.06. The van der Waals surface area contributed by atoms with Gasteiger partial charge in [0.05, 0.1) is 0 Å². The molecule has 96 valence electrons. The van der Waals surface area contributed by atoms with Crippen LogP contribution in [0.1, 0.15) is 12.6 Å². The summed E-state index contributed by atoms with van der Waals surface area (Å²) in [5, 5.41) is 7.70. The summed E-state index contributed by atoms with van der Waals surface area (Å²) in [7, 11) is 0. The highest BCUT2D eigenvalue weighted by Gasteiger charge is 2.12. The Bertz CT molecular complexity index is 533. The molecule has 0 bridgehead atoms. The van der Waals surface area contributed by atoms with Crippen LogP contribution in [0.5, 0.6) is 5.75 Å². The van der Waals surface area contributed by atoms with Crippen LogP contribution in [0, 0.1) is 11.6 Å². The predicted octanol–water partition coefficient (Wildman–Crippen LogP) is 2.83. The van der Waals surface area contributed by atoms with Gasteiger partial charge in [-0.1, -0.05) is 10.6 Å². The zero-order valence-electron chi connectivity index (χ0n) is 9.61. The maximum atomic E-state index is 13.3. The third kappa shape index (κ3) is 2.73. The lowest BCUT2D eigenvalue weighted by Crippen LogP contribution is -2.03. The van der Waals surface area contributed by atoms with E-state index in [1.165, 1.54) is 23.7 Å². The van der Waals surface area contributed by atoms with Crippen LogP contribution < -0.4 is 10.1 Å². The number of halogens is 2. The molecule has 2 rings (SSSR count). The lowest BCUT2D eigenvalue weighted by atomic mass is 10.3. The average Bonchev–Trinajstić information content (AvgIpc) is 2.79. The van der Waals surface area contributed by atoms with Crippen molar-refractivity contribution in [2.45, 2.75) is 13.5 Å². The van der Waals surface area contributed by atoms with Gasteiger partial charge in [-0.25, -0.2) is 4.39 Å². The Morgan fingerprint density at radius 2 is 2.22 bits per heavy atom. The first-order valence-corrected chi connectivity index (χ1v) is 6.11. The van der Waals surface area contributed by atoms with Gasteiger partial charge in [-0.15, -0.1) is 5.10 Å². The smallest absolute Gasteiger partial charge is 0.200 e. The van der Waals surface area contributed by atoms with Crippen molar-refractivity contribution >= 4 is 16.5 Å². The molecule has 0 aliphatic heterocycles. The number of nitrogens with one attached hydrogen (secondary N) is 1. The maximum absolute atomic E-state index is 13.3. The highest BCUT2D eigenvalue weighted by atomic mass is 32.1. The van der Waals surface area contributed by atoms with Crippen molar-refractivity contribution in [3.63, 3.8) is 0 Å². The van der Waals surface area contributed by atoms with Gasteiger partial charge in [0, 0.05) is 18.1 Å². The van der Waals surface area contributed by atoms with Crippen molar-refractivity contribution in [1.29, 1.82) is 0 Å². The van der Waals surface area contributed by atoms with Crippen LogP contribution in [-0.2, 0) is 6.61 Å². The van der Waals surface area contributed by atoms with E-state index in [1.807, 2.05) is 6.92 Å². The largest absolute Gasteiger partial charge is 0.484 e. The minimum atomic E-state index is -0.995. The number of hydrogen-bond acceptors (Lipinski definition) is 5. The van der Waals surface area contributed by atoms with Gasteiger partial charge >= 0.3 is 0 Å². The number of benzene rings is 1.